The van der Waals surface area contributed by atoms with Crippen molar-refractivity contribution in [2.45, 2.75) is 12.5 Å². The molecule has 0 fully saturated rings. The highest BCUT2D eigenvalue weighted by Crippen LogP contribution is 2.12. The van der Waals surface area contributed by atoms with E-state index in [2.05, 4.69) is 0 Å². The Kier molecular flexibility index (Phi) is 4.97. The van der Waals surface area contributed by atoms with Crippen LogP contribution in [-0.2, 0) is 7.05 Å². The lowest BCUT2D eigenvalue weighted by Crippen LogP contribution is -2.17. The van der Waals surface area contributed by atoms with Crippen molar-refractivity contribution in [2.75, 3.05) is 6.54 Å². The summed E-state index contributed by atoms with van der Waals surface area (Å²) in [5.74, 6) is 0. The normalized spacial score (nSPS) is 12.2. The van der Waals surface area contributed by atoms with E-state index in [4.69, 9.17) is 11.5 Å². The summed E-state index contributed by atoms with van der Waals surface area (Å²) >= 11 is 0. The summed E-state index contributed by atoms with van der Waals surface area (Å²) in [7, 11) is 1.99. The van der Waals surface area contributed by atoms with Gasteiger partial charge in [0, 0.05) is 25.0 Å². The van der Waals surface area contributed by atoms with Crippen molar-refractivity contribution in [2.24, 2.45) is 18.5 Å². The van der Waals surface area contributed by atoms with Crippen molar-refractivity contribution in [1.29, 1.82) is 0 Å². The standard InChI is InChI=1S/C8H15N3.ClH/c1-11-6-2-3-8(11)7(10)4-5-9;/h2-3,6-7H,4-5,9-10H2,1H3;1H/t7-;/m1./s1. The zero-order valence-electron chi connectivity index (χ0n) is 7.23. The minimum absolute atomic E-state index is 0. The Morgan fingerprint density at radius 2 is 2.25 bits per heavy atom. The highest BCUT2D eigenvalue weighted by atomic mass is 35.5. The average molecular weight is 190 g/mol. The largest absolute Gasteiger partial charge is 0.353 e. The van der Waals surface area contributed by atoms with Gasteiger partial charge < -0.3 is 16.0 Å². The van der Waals surface area contributed by atoms with Gasteiger partial charge in [-0.1, -0.05) is 0 Å². The van der Waals surface area contributed by atoms with E-state index >= 15 is 0 Å². The van der Waals surface area contributed by atoms with Crippen molar-refractivity contribution >= 4 is 12.4 Å². The Balaban J connectivity index is 0.00000121. The van der Waals surface area contributed by atoms with Gasteiger partial charge in [-0.2, -0.15) is 0 Å². The molecule has 0 aliphatic rings. The van der Waals surface area contributed by atoms with Crippen molar-refractivity contribution in [3.63, 3.8) is 0 Å². The molecule has 0 unspecified atom stereocenters. The monoisotopic (exact) mass is 189 g/mol. The quantitative estimate of drug-likeness (QED) is 0.739. The third-order valence-electron chi connectivity index (χ3n) is 1.84. The molecular formula is C8H16ClN3. The van der Waals surface area contributed by atoms with Crippen LogP contribution in [0.2, 0.25) is 0 Å². The molecule has 0 aliphatic carbocycles. The molecule has 1 atom stereocenters. The fraction of sp³-hybridized carbons (Fsp3) is 0.500. The SMILES string of the molecule is Cl.Cn1cccc1[C@H](N)CCN. The average Bonchev–Trinajstić information content (AvgIpc) is 2.36. The number of hydrogen-bond donors (Lipinski definition) is 2. The van der Waals surface area contributed by atoms with Gasteiger partial charge in [0.1, 0.15) is 0 Å². The lowest BCUT2D eigenvalue weighted by Gasteiger charge is -2.10. The first-order chi connectivity index (χ1) is 5.25. The van der Waals surface area contributed by atoms with Gasteiger partial charge >= 0.3 is 0 Å². The second-order valence-corrected chi connectivity index (χ2v) is 2.73. The van der Waals surface area contributed by atoms with Gasteiger partial charge in [-0.25, -0.2) is 0 Å². The first-order valence-corrected chi connectivity index (χ1v) is 3.82. The third-order valence-corrected chi connectivity index (χ3v) is 1.84. The van der Waals surface area contributed by atoms with E-state index in [1.54, 1.807) is 0 Å². The molecule has 0 radical (unpaired) electrons. The molecular weight excluding hydrogens is 174 g/mol. The predicted octanol–water partition coefficient (Wildman–Crippen LogP) is 0.796. The molecule has 4 N–H and O–H groups in total. The Morgan fingerprint density at radius 3 is 2.67 bits per heavy atom. The topological polar surface area (TPSA) is 57.0 Å². The summed E-state index contributed by atoms with van der Waals surface area (Å²) in [4.78, 5) is 0. The number of halogens is 1. The zero-order chi connectivity index (χ0) is 8.27. The van der Waals surface area contributed by atoms with Gasteiger partial charge in [-0.3, -0.25) is 0 Å². The van der Waals surface area contributed by atoms with Crippen LogP contribution in [-0.4, -0.2) is 11.1 Å². The van der Waals surface area contributed by atoms with Crippen molar-refractivity contribution in [3.8, 4) is 0 Å². The fourth-order valence-electron chi connectivity index (χ4n) is 1.19. The first kappa shape index (κ1) is 11.5. The first-order valence-electron chi connectivity index (χ1n) is 3.82. The maximum absolute atomic E-state index is 5.85. The van der Waals surface area contributed by atoms with Crippen molar-refractivity contribution in [1.82, 2.24) is 4.57 Å². The van der Waals surface area contributed by atoms with Crippen LogP contribution < -0.4 is 11.5 Å². The highest BCUT2D eigenvalue weighted by molar-refractivity contribution is 5.85. The predicted molar refractivity (Wildman–Crippen MR) is 53.3 cm³/mol. The highest BCUT2D eigenvalue weighted by Gasteiger charge is 2.06. The van der Waals surface area contributed by atoms with Crippen molar-refractivity contribution in [3.05, 3.63) is 24.0 Å². The van der Waals surface area contributed by atoms with Crippen LogP contribution in [0.15, 0.2) is 18.3 Å². The van der Waals surface area contributed by atoms with Crippen LogP contribution in [0.3, 0.4) is 0 Å². The number of nitrogens with two attached hydrogens (primary N) is 2. The van der Waals surface area contributed by atoms with E-state index in [9.17, 15) is 0 Å². The van der Waals surface area contributed by atoms with E-state index in [0.717, 1.165) is 12.1 Å². The number of aryl methyl sites for hydroxylation is 1. The van der Waals surface area contributed by atoms with Crippen LogP contribution >= 0.6 is 12.4 Å². The van der Waals surface area contributed by atoms with Crippen LogP contribution in [0.25, 0.3) is 0 Å². The van der Waals surface area contributed by atoms with Gasteiger partial charge in [-0.15, -0.1) is 12.4 Å². The fourth-order valence-corrected chi connectivity index (χ4v) is 1.19. The molecule has 70 valence electrons. The third kappa shape index (κ3) is 2.52. The molecule has 1 heterocycles. The second-order valence-electron chi connectivity index (χ2n) is 2.73. The number of rotatable bonds is 3. The van der Waals surface area contributed by atoms with E-state index < -0.39 is 0 Å². The molecule has 0 spiro atoms. The number of aromatic nitrogens is 1. The minimum atomic E-state index is 0. The molecule has 0 amide bonds. The Hall–Kier alpha value is -0.510. The van der Waals surface area contributed by atoms with Crippen LogP contribution in [0.4, 0.5) is 0 Å². The van der Waals surface area contributed by atoms with Gasteiger partial charge in [0.25, 0.3) is 0 Å². The lowest BCUT2D eigenvalue weighted by atomic mass is 10.1. The summed E-state index contributed by atoms with van der Waals surface area (Å²) in [6.07, 6.45) is 2.84. The molecule has 12 heavy (non-hydrogen) atoms. The summed E-state index contributed by atoms with van der Waals surface area (Å²) in [6, 6.07) is 4.10. The summed E-state index contributed by atoms with van der Waals surface area (Å²) < 4.78 is 2.03. The molecule has 1 rings (SSSR count). The van der Waals surface area contributed by atoms with Crippen molar-refractivity contribution < 1.29 is 0 Å². The summed E-state index contributed by atoms with van der Waals surface area (Å²) in [6.45, 7) is 0.645. The molecule has 1 aromatic heterocycles. The molecule has 0 saturated carbocycles. The molecule has 3 nitrogen and oxygen atoms in total. The van der Waals surface area contributed by atoms with E-state index in [1.807, 2.05) is 29.9 Å². The smallest absolute Gasteiger partial charge is 0.0461 e. The minimum Gasteiger partial charge on any atom is -0.353 e. The second kappa shape index (κ2) is 5.19. The van der Waals surface area contributed by atoms with Gasteiger partial charge in [-0.05, 0) is 25.1 Å². The molecule has 0 aliphatic heterocycles. The van der Waals surface area contributed by atoms with Gasteiger partial charge in [0.15, 0.2) is 0 Å². The van der Waals surface area contributed by atoms with E-state index in [1.165, 1.54) is 0 Å². The molecule has 1 aromatic rings. The Morgan fingerprint density at radius 1 is 1.58 bits per heavy atom. The van der Waals surface area contributed by atoms with Crippen LogP contribution in [0.5, 0.6) is 0 Å². The number of nitrogens with zero attached hydrogens (tertiary/aromatic N) is 1. The van der Waals surface area contributed by atoms with Gasteiger partial charge in [0.05, 0.1) is 0 Å². The van der Waals surface area contributed by atoms with E-state index in [0.29, 0.717) is 6.54 Å². The number of hydrogen-bond acceptors (Lipinski definition) is 2. The Bertz CT molecular complexity index is 222. The van der Waals surface area contributed by atoms with Crippen LogP contribution in [0, 0.1) is 0 Å². The molecule has 0 aromatic carbocycles. The van der Waals surface area contributed by atoms with Gasteiger partial charge in [0.2, 0.25) is 0 Å². The molecule has 4 heteroatoms. The van der Waals surface area contributed by atoms with Crippen LogP contribution in [0.1, 0.15) is 18.2 Å². The lowest BCUT2D eigenvalue weighted by molar-refractivity contribution is 0.615. The summed E-state index contributed by atoms with van der Waals surface area (Å²) in [5, 5.41) is 0. The Labute approximate surface area is 79.1 Å². The molecule has 0 saturated heterocycles. The summed E-state index contributed by atoms with van der Waals surface area (Å²) in [5.41, 5.74) is 12.4. The zero-order valence-corrected chi connectivity index (χ0v) is 8.05. The maximum Gasteiger partial charge on any atom is 0.0461 e. The molecule has 0 bridgehead atoms. The maximum atomic E-state index is 5.85. The van der Waals surface area contributed by atoms with E-state index in [-0.39, 0.29) is 18.4 Å².